The fraction of sp³-hybridized carbons (Fsp3) is 0.0952. The third-order valence-corrected chi connectivity index (χ3v) is 4.14. The standard InChI is InChI=1S/C21H18ClNO/c1-15-7-12-20(19(22)13-15)23-21(24)14-16-8-10-18(11-9-16)17-5-3-2-4-6-17/h2-13H,14H2,1H3,(H,23,24). The van der Waals surface area contributed by atoms with Crippen LogP contribution in [0.2, 0.25) is 5.02 Å². The Morgan fingerprint density at radius 3 is 2.25 bits per heavy atom. The fourth-order valence-electron chi connectivity index (χ4n) is 2.55. The number of anilines is 1. The fourth-order valence-corrected chi connectivity index (χ4v) is 2.83. The molecule has 3 aromatic carbocycles. The van der Waals surface area contributed by atoms with Crippen molar-refractivity contribution in [1.29, 1.82) is 0 Å². The van der Waals surface area contributed by atoms with Crippen LogP contribution < -0.4 is 5.32 Å². The number of carbonyl (C=O) groups excluding carboxylic acids is 1. The lowest BCUT2D eigenvalue weighted by Crippen LogP contribution is -2.14. The van der Waals surface area contributed by atoms with E-state index in [1.54, 1.807) is 0 Å². The maximum absolute atomic E-state index is 12.2. The van der Waals surface area contributed by atoms with Gasteiger partial charge in [-0.3, -0.25) is 4.79 Å². The van der Waals surface area contributed by atoms with Crippen LogP contribution in [0.3, 0.4) is 0 Å². The minimum Gasteiger partial charge on any atom is -0.324 e. The van der Waals surface area contributed by atoms with Gasteiger partial charge >= 0.3 is 0 Å². The van der Waals surface area contributed by atoms with E-state index in [9.17, 15) is 4.79 Å². The molecule has 1 amide bonds. The molecule has 3 rings (SSSR count). The lowest BCUT2D eigenvalue weighted by Gasteiger charge is -2.08. The zero-order chi connectivity index (χ0) is 16.9. The van der Waals surface area contributed by atoms with Gasteiger partial charge in [-0.05, 0) is 41.3 Å². The highest BCUT2D eigenvalue weighted by Gasteiger charge is 2.07. The monoisotopic (exact) mass is 335 g/mol. The highest BCUT2D eigenvalue weighted by molar-refractivity contribution is 6.33. The zero-order valence-electron chi connectivity index (χ0n) is 13.4. The molecule has 0 aliphatic heterocycles. The van der Waals surface area contributed by atoms with Crippen LogP contribution in [0.5, 0.6) is 0 Å². The molecule has 0 bridgehead atoms. The number of halogens is 1. The minimum atomic E-state index is -0.0757. The summed E-state index contributed by atoms with van der Waals surface area (Å²) in [7, 11) is 0. The molecule has 0 saturated heterocycles. The van der Waals surface area contributed by atoms with Crippen LogP contribution in [0.1, 0.15) is 11.1 Å². The van der Waals surface area contributed by atoms with Crippen LogP contribution in [0.15, 0.2) is 72.8 Å². The number of amides is 1. The average Bonchev–Trinajstić information content (AvgIpc) is 2.59. The van der Waals surface area contributed by atoms with Crippen LogP contribution in [0.4, 0.5) is 5.69 Å². The van der Waals surface area contributed by atoms with Crippen LogP contribution in [-0.2, 0) is 11.2 Å². The van der Waals surface area contributed by atoms with Crippen molar-refractivity contribution in [2.24, 2.45) is 0 Å². The van der Waals surface area contributed by atoms with Crippen LogP contribution in [-0.4, -0.2) is 5.91 Å². The van der Waals surface area contributed by atoms with Gasteiger partial charge in [0.2, 0.25) is 5.91 Å². The topological polar surface area (TPSA) is 29.1 Å². The van der Waals surface area contributed by atoms with Crippen LogP contribution >= 0.6 is 11.6 Å². The van der Waals surface area contributed by atoms with Crippen LogP contribution in [0, 0.1) is 6.92 Å². The van der Waals surface area contributed by atoms with Gasteiger partial charge in [0.1, 0.15) is 0 Å². The minimum absolute atomic E-state index is 0.0757. The Morgan fingerprint density at radius 2 is 1.58 bits per heavy atom. The molecule has 2 nitrogen and oxygen atoms in total. The van der Waals surface area contributed by atoms with Crippen molar-refractivity contribution in [1.82, 2.24) is 0 Å². The van der Waals surface area contributed by atoms with E-state index >= 15 is 0 Å². The molecule has 0 fully saturated rings. The van der Waals surface area contributed by atoms with Crippen molar-refractivity contribution >= 4 is 23.2 Å². The Morgan fingerprint density at radius 1 is 0.917 bits per heavy atom. The molecule has 0 aromatic heterocycles. The molecule has 0 radical (unpaired) electrons. The summed E-state index contributed by atoms with van der Waals surface area (Å²) in [5.74, 6) is -0.0757. The highest BCUT2D eigenvalue weighted by atomic mass is 35.5. The number of hydrogen-bond acceptors (Lipinski definition) is 1. The summed E-state index contributed by atoms with van der Waals surface area (Å²) < 4.78 is 0. The smallest absolute Gasteiger partial charge is 0.228 e. The normalized spacial score (nSPS) is 10.4. The van der Waals surface area contributed by atoms with E-state index in [0.717, 1.165) is 16.7 Å². The summed E-state index contributed by atoms with van der Waals surface area (Å²) in [4.78, 5) is 12.2. The van der Waals surface area contributed by atoms with Gasteiger partial charge in [0.25, 0.3) is 0 Å². The SMILES string of the molecule is Cc1ccc(NC(=O)Cc2ccc(-c3ccccc3)cc2)c(Cl)c1. The van der Waals surface area contributed by atoms with Crippen molar-refractivity contribution in [3.63, 3.8) is 0 Å². The quantitative estimate of drug-likeness (QED) is 0.670. The first-order chi connectivity index (χ1) is 11.6. The van der Waals surface area contributed by atoms with E-state index in [4.69, 9.17) is 11.6 Å². The molecular weight excluding hydrogens is 318 g/mol. The molecule has 0 unspecified atom stereocenters. The molecule has 0 heterocycles. The number of aryl methyl sites for hydroxylation is 1. The van der Waals surface area contributed by atoms with Crippen molar-refractivity contribution in [2.45, 2.75) is 13.3 Å². The van der Waals surface area contributed by atoms with E-state index in [2.05, 4.69) is 17.4 Å². The summed E-state index contributed by atoms with van der Waals surface area (Å²) in [6.07, 6.45) is 0.319. The summed E-state index contributed by atoms with van der Waals surface area (Å²) >= 11 is 6.15. The Labute approximate surface area is 147 Å². The second-order valence-corrected chi connectivity index (χ2v) is 6.18. The number of benzene rings is 3. The van der Waals surface area contributed by atoms with Crippen molar-refractivity contribution < 1.29 is 4.79 Å². The van der Waals surface area contributed by atoms with E-state index in [-0.39, 0.29) is 5.91 Å². The summed E-state index contributed by atoms with van der Waals surface area (Å²) in [6.45, 7) is 1.96. The molecule has 0 spiro atoms. The summed E-state index contributed by atoms with van der Waals surface area (Å²) in [5, 5.41) is 3.42. The van der Waals surface area contributed by atoms with Gasteiger partial charge in [0, 0.05) is 0 Å². The first-order valence-corrected chi connectivity index (χ1v) is 8.20. The van der Waals surface area contributed by atoms with Gasteiger partial charge in [-0.2, -0.15) is 0 Å². The Balaban J connectivity index is 1.66. The lowest BCUT2D eigenvalue weighted by atomic mass is 10.0. The molecule has 0 aliphatic rings. The Hall–Kier alpha value is -2.58. The van der Waals surface area contributed by atoms with Crippen molar-refractivity contribution in [3.8, 4) is 11.1 Å². The molecular formula is C21H18ClNO. The van der Waals surface area contributed by atoms with Gasteiger partial charge in [-0.15, -0.1) is 0 Å². The second-order valence-electron chi connectivity index (χ2n) is 5.77. The average molecular weight is 336 g/mol. The van der Waals surface area contributed by atoms with Gasteiger partial charge < -0.3 is 5.32 Å². The maximum Gasteiger partial charge on any atom is 0.228 e. The summed E-state index contributed by atoms with van der Waals surface area (Å²) in [5.41, 5.74) is 4.99. The third-order valence-electron chi connectivity index (χ3n) is 3.82. The second kappa shape index (κ2) is 7.33. The molecule has 3 heteroatoms. The van der Waals surface area contributed by atoms with Crippen molar-refractivity contribution in [2.75, 3.05) is 5.32 Å². The predicted molar refractivity (Wildman–Crippen MR) is 100 cm³/mol. The molecule has 1 N–H and O–H groups in total. The first kappa shape index (κ1) is 16.3. The number of hydrogen-bond donors (Lipinski definition) is 1. The Kier molecular flexibility index (Phi) is 4.97. The highest BCUT2D eigenvalue weighted by Crippen LogP contribution is 2.23. The van der Waals surface area contributed by atoms with E-state index in [1.165, 1.54) is 5.56 Å². The van der Waals surface area contributed by atoms with Gasteiger partial charge in [0.15, 0.2) is 0 Å². The largest absolute Gasteiger partial charge is 0.324 e. The third kappa shape index (κ3) is 4.03. The first-order valence-electron chi connectivity index (χ1n) is 7.82. The molecule has 0 aliphatic carbocycles. The van der Waals surface area contributed by atoms with Crippen molar-refractivity contribution in [3.05, 3.63) is 88.9 Å². The summed E-state index contributed by atoms with van der Waals surface area (Å²) in [6, 6.07) is 23.8. The van der Waals surface area contributed by atoms with E-state index < -0.39 is 0 Å². The Bertz CT molecular complexity index is 841. The van der Waals surface area contributed by atoms with Crippen LogP contribution in [0.25, 0.3) is 11.1 Å². The number of carbonyl (C=O) groups is 1. The lowest BCUT2D eigenvalue weighted by molar-refractivity contribution is -0.115. The zero-order valence-corrected chi connectivity index (χ0v) is 14.2. The van der Waals surface area contributed by atoms with Gasteiger partial charge in [-0.25, -0.2) is 0 Å². The van der Waals surface area contributed by atoms with E-state index in [1.807, 2.05) is 67.6 Å². The van der Waals surface area contributed by atoms with Gasteiger partial charge in [-0.1, -0.05) is 72.3 Å². The van der Waals surface area contributed by atoms with Gasteiger partial charge in [0.05, 0.1) is 17.1 Å². The molecule has 120 valence electrons. The van der Waals surface area contributed by atoms with E-state index in [0.29, 0.717) is 17.1 Å². The molecule has 0 saturated carbocycles. The molecule has 3 aromatic rings. The number of rotatable bonds is 4. The molecule has 24 heavy (non-hydrogen) atoms. The maximum atomic E-state index is 12.2. The number of nitrogens with one attached hydrogen (secondary N) is 1. The molecule has 0 atom stereocenters. The predicted octanol–water partition coefficient (Wildman–Crippen LogP) is 5.50.